The largest absolute Gasteiger partial charge is 0.497 e. The molecule has 1 aliphatic rings. The third kappa shape index (κ3) is 1.74. The molecule has 0 aromatic heterocycles. The fourth-order valence-electron chi connectivity index (χ4n) is 1.77. The number of nitrogens with two attached hydrogens (primary N) is 1. The molecule has 0 bridgehead atoms. The summed E-state index contributed by atoms with van der Waals surface area (Å²) in [7, 11) is 1.66. The van der Waals surface area contributed by atoms with Gasteiger partial charge in [0.15, 0.2) is 0 Å². The molecule has 1 fully saturated rings. The fraction of sp³-hybridized carbons (Fsp3) is 0.455. The van der Waals surface area contributed by atoms with Crippen molar-refractivity contribution in [2.45, 2.75) is 18.6 Å². The van der Waals surface area contributed by atoms with Crippen LogP contribution >= 0.6 is 0 Å². The minimum atomic E-state index is 0.0325. The van der Waals surface area contributed by atoms with Crippen LogP contribution in [0.15, 0.2) is 24.3 Å². The van der Waals surface area contributed by atoms with Crippen LogP contribution in [-0.4, -0.2) is 19.8 Å². The molecule has 0 amide bonds. The Morgan fingerprint density at radius 3 is 3.00 bits per heavy atom. The van der Waals surface area contributed by atoms with Crippen molar-refractivity contribution in [2.24, 2.45) is 5.73 Å². The van der Waals surface area contributed by atoms with Crippen LogP contribution in [0.2, 0.25) is 0 Å². The van der Waals surface area contributed by atoms with Gasteiger partial charge in [0, 0.05) is 12.6 Å². The highest BCUT2D eigenvalue weighted by Gasteiger charge is 2.26. The predicted molar refractivity (Wildman–Crippen MR) is 54.3 cm³/mol. The monoisotopic (exact) mass is 193 g/mol. The van der Waals surface area contributed by atoms with Crippen molar-refractivity contribution in [1.29, 1.82) is 0 Å². The summed E-state index contributed by atoms with van der Waals surface area (Å²) in [5.74, 6) is 0.852. The molecule has 76 valence electrons. The van der Waals surface area contributed by atoms with Crippen molar-refractivity contribution in [3.63, 3.8) is 0 Å². The number of hydrogen-bond acceptors (Lipinski definition) is 3. The van der Waals surface area contributed by atoms with E-state index in [4.69, 9.17) is 15.2 Å². The van der Waals surface area contributed by atoms with E-state index in [1.807, 2.05) is 24.3 Å². The van der Waals surface area contributed by atoms with Crippen LogP contribution in [0.3, 0.4) is 0 Å². The first-order chi connectivity index (χ1) is 6.81. The molecule has 2 unspecified atom stereocenters. The molecule has 0 radical (unpaired) electrons. The Kier molecular flexibility index (Phi) is 2.70. The lowest BCUT2D eigenvalue weighted by Gasteiger charge is -2.15. The molecule has 0 aliphatic carbocycles. The van der Waals surface area contributed by atoms with E-state index in [1.54, 1.807) is 7.11 Å². The highest BCUT2D eigenvalue weighted by Crippen LogP contribution is 2.29. The molecule has 1 aliphatic heterocycles. The minimum Gasteiger partial charge on any atom is -0.497 e. The van der Waals surface area contributed by atoms with E-state index < -0.39 is 0 Å². The topological polar surface area (TPSA) is 44.5 Å². The van der Waals surface area contributed by atoms with Crippen LogP contribution in [0.25, 0.3) is 0 Å². The second-order valence-corrected chi connectivity index (χ2v) is 3.52. The third-order valence-corrected chi connectivity index (χ3v) is 2.56. The van der Waals surface area contributed by atoms with Gasteiger partial charge >= 0.3 is 0 Å². The van der Waals surface area contributed by atoms with Gasteiger partial charge in [0.1, 0.15) is 5.75 Å². The average molecular weight is 193 g/mol. The smallest absolute Gasteiger partial charge is 0.119 e. The normalized spacial score (nSPS) is 26.4. The molecule has 2 N–H and O–H groups in total. The standard InChI is InChI=1S/C11H15NO2/c1-13-9-4-2-3-8(7-9)11-10(12)5-6-14-11/h2-4,7,10-11H,5-6,12H2,1H3. The van der Waals surface area contributed by atoms with Gasteiger partial charge in [-0.1, -0.05) is 12.1 Å². The summed E-state index contributed by atoms with van der Waals surface area (Å²) in [6.45, 7) is 0.753. The fourth-order valence-corrected chi connectivity index (χ4v) is 1.77. The number of rotatable bonds is 2. The average Bonchev–Trinajstić information content (AvgIpc) is 2.65. The third-order valence-electron chi connectivity index (χ3n) is 2.56. The lowest BCUT2D eigenvalue weighted by atomic mass is 10.0. The van der Waals surface area contributed by atoms with Crippen LogP contribution in [0.5, 0.6) is 5.75 Å². The Morgan fingerprint density at radius 2 is 2.36 bits per heavy atom. The summed E-state index contributed by atoms with van der Waals surface area (Å²) in [4.78, 5) is 0. The second-order valence-electron chi connectivity index (χ2n) is 3.52. The van der Waals surface area contributed by atoms with Gasteiger partial charge in [-0.2, -0.15) is 0 Å². The maximum absolute atomic E-state index is 5.94. The van der Waals surface area contributed by atoms with Crippen molar-refractivity contribution in [3.05, 3.63) is 29.8 Å². The summed E-state index contributed by atoms with van der Waals surface area (Å²) in [6, 6.07) is 8.00. The lowest BCUT2D eigenvalue weighted by molar-refractivity contribution is 0.105. The zero-order chi connectivity index (χ0) is 9.97. The van der Waals surface area contributed by atoms with Crippen LogP contribution in [-0.2, 0) is 4.74 Å². The Morgan fingerprint density at radius 1 is 1.50 bits per heavy atom. The minimum absolute atomic E-state index is 0.0325. The van der Waals surface area contributed by atoms with E-state index >= 15 is 0 Å². The Labute approximate surface area is 83.8 Å². The lowest BCUT2D eigenvalue weighted by Crippen LogP contribution is -2.23. The molecule has 1 aromatic carbocycles. The van der Waals surface area contributed by atoms with Crippen molar-refractivity contribution in [1.82, 2.24) is 0 Å². The van der Waals surface area contributed by atoms with Gasteiger partial charge in [-0.25, -0.2) is 0 Å². The van der Waals surface area contributed by atoms with Gasteiger partial charge in [0.05, 0.1) is 13.2 Å². The maximum atomic E-state index is 5.94. The summed E-state index contributed by atoms with van der Waals surface area (Å²) in [5.41, 5.74) is 7.04. The van der Waals surface area contributed by atoms with Crippen molar-refractivity contribution in [2.75, 3.05) is 13.7 Å². The zero-order valence-corrected chi connectivity index (χ0v) is 8.27. The number of hydrogen-bond donors (Lipinski definition) is 1. The molecule has 0 saturated carbocycles. The van der Waals surface area contributed by atoms with Gasteiger partial charge < -0.3 is 15.2 Å². The molecule has 2 atom stereocenters. The molecule has 3 heteroatoms. The van der Waals surface area contributed by atoms with Crippen molar-refractivity contribution < 1.29 is 9.47 Å². The van der Waals surface area contributed by atoms with Crippen LogP contribution in [0, 0.1) is 0 Å². The van der Waals surface area contributed by atoms with E-state index in [2.05, 4.69) is 0 Å². The quantitative estimate of drug-likeness (QED) is 0.773. The van der Waals surface area contributed by atoms with Gasteiger partial charge in [0.2, 0.25) is 0 Å². The molecule has 3 nitrogen and oxygen atoms in total. The first-order valence-corrected chi connectivity index (χ1v) is 4.82. The number of ether oxygens (including phenoxy) is 2. The summed E-state index contributed by atoms with van der Waals surface area (Å²) in [6.07, 6.45) is 0.965. The predicted octanol–water partition coefficient (Wildman–Crippen LogP) is 1.48. The Balaban J connectivity index is 2.22. The molecule has 1 heterocycles. The number of benzene rings is 1. The molecule has 1 aromatic rings. The SMILES string of the molecule is COc1cccc(C2OCCC2N)c1. The van der Waals surface area contributed by atoms with E-state index in [-0.39, 0.29) is 12.1 Å². The highest BCUT2D eigenvalue weighted by atomic mass is 16.5. The molecular formula is C11H15NO2. The van der Waals surface area contributed by atoms with E-state index in [0.717, 1.165) is 24.3 Å². The molecule has 0 spiro atoms. The number of methoxy groups -OCH3 is 1. The van der Waals surface area contributed by atoms with Gasteiger partial charge in [-0.15, -0.1) is 0 Å². The second kappa shape index (κ2) is 3.98. The first kappa shape index (κ1) is 9.49. The Bertz CT molecular complexity index is 314. The summed E-state index contributed by atoms with van der Waals surface area (Å²) >= 11 is 0. The van der Waals surface area contributed by atoms with Gasteiger partial charge in [0.25, 0.3) is 0 Å². The Hall–Kier alpha value is -1.06. The van der Waals surface area contributed by atoms with E-state index in [1.165, 1.54) is 0 Å². The zero-order valence-electron chi connectivity index (χ0n) is 8.27. The van der Waals surface area contributed by atoms with Crippen molar-refractivity contribution in [3.8, 4) is 5.75 Å². The van der Waals surface area contributed by atoms with E-state index in [0.29, 0.717) is 0 Å². The van der Waals surface area contributed by atoms with Crippen LogP contribution in [0.1, 0.15) is 18.1 Å². The molecule has 14 heavy (non-hydrogen) atoms. The summed E-state index contributed by atoms with van der Waals surface area (Å²) < 4.78 is 10.7. The van der Waals surface area contributed by atoms with Crippen LogP contribution < -0.4 is 10.5 Å². The molecule has 1 saturated heterocycles. The first-order valence-electron chi connectivity index (χ1n) is 4.82. The molecular weight excluding hydrogens is 178 g/mol. The van der Waals surface area contributed by atoms with Crippen molar-refractivity contribution >= 4 is 0 Å². The molecule has 2 rings (SSSR count). The maximum Gasteiger partial charge on any atom is 0.119 e. The van der Waals surface area contributed by atoms with Gasteiger partial charge in [-0.3, -0.25) is 0 Å². The summed E-state index contributed by atoms with van der Waals surface area (Å²) in [5, 5.41) is 0. The highest BCUT2D eigenvalue weighted by molar-refractivity contribution is 5.30. The van der Waals surface area contributed by atoms with E-state index in [9.17, 15) is 0 Å². The van der Waals surface area contributed by atoms with Gasteiger partial charge in [-0.05, 0) is 24.1 Å². The van der Waals surface area contributed by atoms with Crippen LogP contribution in [0.4, 0.5) is 0 Å².